The molecule has 160 valence electrons. The highest BCUT2D eigenvalue weighted by Crippen LogP contribution is 2.31. The second-order valence-corrected chi connectivity index (χ2v) is 8.97. The van der Waals surface area contributed by atoms with Gasteiger partial charge >= 0.3 is 0 Å². The number of hydrogen-bond acceptors (Lipinski definition) is 3. The average molecular weight is 473 g/mol. The van der Waals surface area contributed by atoms with Gasteiger partial charge in [-0.25, -0.2) is 4.68 Å². The van der Waals surface area contributed by atoms with E-state index in [9.17, 15) is 9.59 Å². The van der Waals surface area contributed by atoms with E-state index in [0.29, 0.717) is 16.8 Å². The van der Waals surface area contributed by atoms with Crippen LogP contribution >= 0.6 is 15.9 Å². The minimum Gasteiger partial charge on any atom is -0.348 e. The predicted octanol–water partition coefficient (Wildman–Crippen LogP) is 4.36. The Balaban J connectivity index is 2.00. The average Bonchev–Trinajstić information content (AvgIpc) is 3.02. The van der Waals surface area contributed by atoms with Crippen LogP contribution in [0.15, 0.2) is 33.7 Å². The largest absolute Gasteiger partial charge is 0.348 e. The van der Waals surface area contributed by atoms with Crippen molar-refractivity contribution in [3.05, 3.63) is 67.2 Å². The summed E-state index contributed by atoms with van der Waals surface area (Å²) >= 11 is 3.54. The van der Waals surface area contributed by atoms with Gasteiger partial charge in [0.05, 0.1) is 11.1 Å². The third-order valence-corrected chi connectivity index (χ3v) is 5.92. The lowest BCUT2D eigenvalue weighted by Crippen LogP contribution is -2.36. The summed E-state index contributed by atoms with van der Waals surface area (Å²) in [6.07, 6.45) is 3.74. The molecule has 3 rings (SSSR count). The van der Waals surface area contributed by atoms with E-state index < -0.39 is 0 Å². The predicted molar refractivity (Wildman–Crippen MR) is 126 cm³/mol. The van der Waals surface area contributed by atoms with E-state index in [1.165, 1.54) is 0 Å². The van der Waals surface area contributed by atoms with Gasteiger partial charge in [0.15, 0.2) is 0 Å². The molecule has 3 aromatic rings. The maximum Gasteiger partial charge on any atom is 0.274 e. The molecule has 0 saturated heterocycles. The lowest BCUT2D eigenvalue weighted by molar-refractivity contribution is 0.0952. The van der Waals surface area contributed by atoms with Crippen molar-refractivity contribution in [2.24, 2.45) is 0 Å². The highest BCUT2D eigenvalue weighted by Gasteiger charge is 2.19. The fourth-order valence-corrected chi connectivity index (χ4v) is 4.40. The van der Waals surface area contributed by atoms with Gasteiger partial charge in [-0.15, -0.1) is 0 Å². The Bertz CT molecular complexity index is 1170. The Morgan fingerprint density at radius 3 is 2.57 bits per heavy atom. The van der Waals surface area contributed by atoms with Crippen molar-refractivity contribution in [2.75, 3.05) is 5.84 Å². The third kappa shape index (κ3) is 4.03. The Morgan fingerprint density at radius 1 is 1.23 bits per heavy atom. The minimum absolute atomic E-state index is 0.141. The highest BCUT2D eigenvalue weighted by atomic mass is 79.9. The zero-order chi connectivity index (χ0) is 22.2. The summed E-state index contributed by atoms with van der Waals surface area (Å²) in [6.45, 7) is 10.3. The van der Waals surface area contributed by atoms with Gasteiger partial charge < -0.3 is 15.7 Å². The second kappa shape index (κ2) is 8.68. The molecule has 0 atom stereocenters. The Kier molecular flexibility index (Phi) is 6.41. The topological polar surface area (TPSA) is 82.1 Å². The molecule has 0 saturated carbocycles. The molecule has 6 nitrogen and oxygen atoms in total. The Morgan fingerprint density at radius 2 is 1.93 bits per heavy atom. The first-order valence-corrected chi connectivity index (χ1v) is 11.0. The molecule has 2 aromatic heterocycles. The summed E-state index contributed by atoms with van der Waals surface area (Å²) in [5, 5.41) is 3.88. The van der Waals surface area contributed by atoms with Gasteiger partial charge in [0, 0.05) is 39.9 Å². The van der Waals surface area contributed by atoms with E-state index in [-0.39, 0.29) is 24.1 Å². The minimum atomic E-state index is -0.264. The summed E-state index contributed by atoms with van der Waals surface area (Å²) in [4.78, 5) is 25.9. The number of amides is 1. The number of nitrogens with zero attached hydrogens (tertiary/aromatic N) is 2. The first-order chi connectivity index (χ1) is 14.1. The molecule has 0 aliphatic carbocycles. The lowest BCUT2D eigenvalue weighted by atomic mass is 10.0. The van der Waals surface area contributed by atoms with E-state index >= 15 is 0 Å². The molecule has 30 heavy (non-hydrogen) atoms. The number of nitrogens with two attached hydrogens (primary N) is 1. The summed E-state index contributed by atoms with van der Waals surface area (Å²) in [5.41, 5.74) is 4.56. The number of hydrogen-bond donors (Lipinski definition) is 2. The standard InChI is InChI=1S/C23H29BrN4O2/c1-6-7-16-8-15(5)28(25)23(30)19(16)11-26-22(29)18-9-17(24)10-20-21(18)14(4)12-27(20)13(2)3/h8-10,12-13H,6-7,11,25H2,1-5H3,(H,26,29). The molecule has 0 unspecified atom stereocenters. The van der Waals surface area contributed by atoms with Crippen molar-refractivity contribution in [3.63, 3.8) is 0 Å². The lowest BCUT2D eigenvalue weighted by Gasteiger charge is -2.14. The van der Waals surface area contributed by atoms with Crippen LogP contribution in [-0.4, -0.2) is 15.2 Å². The zero-order valence-electron chi connectivity index (χ0n) is 18.2. The fraction of sp³-hybridized carbons (Fsp3) is 0.391. The smallest absolute Gasteiger partial charge is 0.274 e. The van der Waals surface area contributed by atoms with E-state index in [2.05, 4.69) is 52.8 Å². The molecule has 2 heterocycles. The fourth-order valence-electron chi connectivity index (χ4n) is 3.96. The number of nitrogens with one attached hydrogen (secondary N) is 1. The van der Waals surface area contributed by atoms with Crippen molar-refractivity contribution in [1.29, 1.82) is 0 Å². The summed E-state index contributed by atoms with van der Waals surface area (Å²) in [5.74, 6) is 5.68. The molecule has 0 aliphatic heterocycles. The van der Waals surface area contributed by atoms with Crippen LogP contribution in [0.25, 0.3) is 10.9 Å². The zero-order valence-corrected chi connectivity index (χ0v) is 19.8. The molecule has 3 N–H and O–H groups in total. The number of fused-ring (bicyclic) bond motifs is 1. The van der Waals surface area contributed by atoms with Gasteiger partial charge in [-0.3, -0.25) is 9.59 Å². The maximum atomic E-state index is 13.2. The molecule has 0 spiro atoms. The van der Waals surface area contributed by atoms with Crippen molar-refractivity contribution in [2.45, 2.75) is 60.0 Å². The monoisotopic (exact) mass is 472 g/mol. The molecule has 1 aromatic carbocycles. The number of halogens is 1. The van der Waals surface area contributed by atoms with E-state index in [1.54, 1.807) is 0 Å². The SMILES string of the molecule is CCCc1cc(C)n(N)c(=O)c1CNC(=O)c1cc(Br)cc2c1c(C)cn2C(C)C. The van der Waals surface area contributed by atoms with Crippen LogP contribution in [0.1, 0.15) is 66.0 Å². The van der Waals surface area contributed by atoms with Gasteiger partial charge in [-0.1, -0.05) is 29.3 Å². The van der Waals surface area contributed by atoms with Crippen LogP contribution in [0.3, 0.4) is 0 Å². The number of carbonyl (C=O) groups is 1. The van der Waals surface area contributed by atoms with E-state index in [1.807, 2.05) is 32.0 Å². The number of carbonyl (C=O) groups excluding carboxylic acids is 1. The van der Waals surface area contributed by atoms with Gasteiger partial charge in [-0.2, -0.15) is 0 Å². The van der Waals surface area contributed by atoms with Crippen molar-refractivity contribution >= 4 is 32.7 Å². The molecular formula is C23H29BrN4O2. The molecular weight excluding hydrogens is 444 g/mol. The first-order valence-electron chi connectivity index (χ1n) is 10.2. The summed E-state index contributed by atoms with van der Waals surface area (Å²) in [7, 11) is 0. The number of aromatic nitrogens is 2. The van der Waals surface area contributed by atoms with Gasteiger partial charge in [0.2, 0.25) is 0 Å². The Labute approximate surface area is 185 Å². The molecule has 0 fully saturated rings. The first kappa shape index (κ1) is 22.2. The number of rotatable bonds is 6. The summed E-state index contributed by atoms with van der Waals surface area (Å²) < 4.78 is 4.15. The third-order valence-electron chi connectivity index (χ3n) is 5.46. The molecule has 1 amide bonds. The van der Waals surface area contributed by atoms with Crippen LogP contribution in [0.2, 0.25) is 0 Å². The number of pyridine rings is 1. The van der Waals surface area contributed by atoms with Gasteiger partial charge in [-0.05, 0) is 63.4 Å². The molecule has 7 heteroatoms. The summed E-state index contributed by atoms with van der Waals surface area (Å²) in [6, 6.07) is 6.07. The van der Waals surface area contributed by atoms with Crippen LogP contribution < -0.4 is 16.7 Å². The maximum absolute atomic E-state index is 13.2. The second-order valence-electron chi connectivity index (χ2n) is 8.06. The van der Waals surface area contributed by atoms with Gasteiger partial charge in [0.1, 0.15) is 0 Å². The van der Waals surface area contributed by atoms with Crippen molar-refractivity contribution in [3.8, 4) is 0 Å². The van der Waals surface area contributed by atoms with Crippen LogP contribution in [0, 0.1) is 13.8 Å². The Hall–Kier alpha value is -2.54. The van der Waals surface area contributed by atoms with Crippen LogP contribution in [0.5, 0.6) is 0 Å². The number of nitrogen functional groups attached to an aromatic ring is 1. The quantitative estimate of drug-likeness (QED) is 0.522. The van der Waals surface area contributed by atoms with E-state index in [4.69, 9.17) is 5.84 Å². The molecule has 0 aliphatic rings. The van der Waals surface area contributed by atoms with Crippen molar-refractivity contribution < 1.29 is 4.79 Å². The van der Waals surface area contributed by atoms with E-state index in [0.717, 1.165) is 44.0 Å². The van der Waals surface area contributed by atoms with Gasteiger partial charge in [0.25, 0.3) is 11.5 Å². The van der Waals surface area contributed by atoms with Crippen LogP contribution in [0.4, 0.5) is 0 Å². The number of benzene rings is 1. The highest BCUT2D eigenvalue weighted by molar-refractivity contribution is 9.10. The molecule has 0 radical (unpaired) electrons. The van der Waals surface area contributed by atoms with Crippen LogP contribution in [-0.2, 0) is 13.0 Å². The number of aryl methyl sites for hydroxylation is 3. The molecule has 0 bridgehead atoms. The van der Waals surface area contributed by atoms with Crippen molar-refractivity contribution in [1.82, 2.24) is 14.6 Å². The normalized spacial score (nSPS) is 11.4.